The maximum atomic E-state index is 12.3. The van der Waals surface area contributed by atoms with Crippen LogP contribution in [-0.4, -0.2) is 23.0 Å². The molecule has 1 aromatic heterocycles. The summed E-state index contributed by atoms with van der Waals surface area (Å²) in [7, 11) is 1.60. The van der Waals surface area contributed by atoms with Gasteiger partial charge in [0, 0.05) is 18.5 Å². The van der Waals surface area contributed by atoms with E-state index < -0.39 is 0 Å². The fourth-order valence-electron chi connectivity index (χ4n) is 3.02. The molecule has 3 aromatic carbocycles. The van der Waals surface area contributed by atoms with Gasteiger partial charge in [-0.2, -0.15) is 0 Å². The minimum atomic E-state index is -0.0659. The van der Waals surface area contributed by atoms with Crippen LogP contribution < -0.4 is 14.8 Å². The molecule has 1 amide bonds. The number of hydrogen-bond donors (Lipinski definition) is 2. The number of ether oxygens (including phenoxy) is 2. The van der Waals surface area contributed by atoms with Crippen LogP contribution in [0.1, 0.15) is 12.2 Å². The maximum absolute atomic E-state index is 12.3. The van der Waals surface area contributed by atoms with E-state index in [1.807, 2.05) is 60.7 Å². The van der Waals surface area contributed by atoms with E-state index in [1.54, 1.807) is 19.2 Å². The van der Waals surface area contributed by atoms with Crippen molar-refractivity contribution in [3.05, 3.63) is 78.6 Å². The fourth-order valence-corrected chi connectivity index (χ4v) is 3.02. The summed E-state index contributed by atoms with van der Waals surface area (Å²) < 4.78 is 11.1. The number of H-pyrrole nitrogens is 1. The first-order chi connectivity index (χ1) is 14.2. The Hall–Kier alpha value is -3.80. The molecule has 1 heterocycles. The number of hydrogen-bond acceptors (Lipinski definition) is 4. The predicted octanol–water partition coefficient (Wildman–Crippen LogP) is 4.94. The number of amides is 1. The smallest absolute Gasteiger partial charge is 0.224 e. The van der Waals surface area contributed by atoms with E-state index in [2.05, 4.69) is 15.3 Å². The summed E-state index contributed by atoms with van der Waals surface area (Å²) in [6.07, 6.45) is 0.898. The molecule has 4 aromatic rings. The topological polar surface area (TPSA) is 76.2 Å². The molecule has 0 aliphatic rings. The molecule has 0 bridgehead atoms. The van der Waals surface area contributed by atoms with Gasteiger partial charge in [0.15, 0.2) is 11.5 Å². The standard InChI is InChI=1S/C23H21N3O3/c1-28-20-8-4-5-9-21(20)29-17-12-10-16(11-13-17)24-23(27)15-14-22-25-18-6-2-3-7-19(18)26-22/h2-13H,14-15H2,1H3,(H,24,27)(H,25,26). The molecule has 29 heavy (non-hydrogen) atoms. The number of benzene rings is 3. The van der Waals surface area contributed by atoms with Crippen LogP contribution in [0.25, 0.3) is 11.0 Å². The highest BCUT2D eigenvalue weighted by Crippen LogP contribution is 2.31. The Labute approximate surface area is 168 Å². The number of methoxy groups -OCH3 is 1. The highest BCUT2D eigenvalue weighted by atomic mass is 16.5. The third-order valence-corrected chi connectivity index (χ3v) is 4.46. The third-order valence-electron chi connectivity index (χ3n) is 4.46. The van der Waals surface area contributed by atoms with Gasteiger partial charge in [0.1, 0.15) is 11.6 Å². The van der Waals surface area contributed by atoms with Gasteiger partial charge in [0.2, 0.25) is 5.91 Å². The van der Waals surface area contributed by atoms with Crippen molar-refractivity contribution < 1.29 is 14.3 Å². The molecule has 6 heteroatoms. The molecule has 0 saturated heterocycles. The van der Waals surface area contributed by atoms with Gasteiger partial charge in [-0.05, 0) is 48.5 Å². The van der Waals surface area contributed by atoms with Gasteiger partial charge in [0.25, 0.3) is 0 Å². The molecule has 0 atom stereocenters. The summed E-state index contributed by atoms with van der Waals surface area (Å²) in [5.74, 6) is 2.70. The van der Waals surface area contributed by atoms with E-state index in [-0.39, 0.29) is 5.91 Å². The molecule has 0 radical (unpaired) electrons. The average Bonchev–Trinajstić information content (AvgIpc) is 3.17. The number of carbonyl (C=O) groups excluding carboxylic acids is 1. The second-order valence-corrected chi connectivity index (χ2v) is 6.53. The monoisotopic (exact) mass is 387 g/mol. The van der Waals surface area contributed by atoms with Crippen molar-refractivity contribution in [3.63, 3.8) is 0 Å². The van der Waals surface area contributed by atoms with Crippen LogP contribution >= 0.6 is 0 Å². The molecule has 146 valence electrons. The predicted molar refractivity (Wildman–Crippen MR) is 113 cm³/mol. The summed E-state index contributed by atoms with van der Waals surface area (Å²) >= 11 is 0. The summed E-state index contributed by atoms with van der Waals surface area (Å²) in [6.45, 7) is 0. The molecule has 0 spiro atoms. The van der Waals surface area contributed by atoms with E-state index in [0.717, 1.165) is 16.9 Å². The van der Waals surface area contributed by atoms with Crippen molar-refractivity contribution in [2.24, 2.45) is 0 Å². The van der Waals surface area contributed by atoms with Crippen LogP contribution in [0.15, 0.2) is 72.8 Å². The molecule has 4 rings (SSSR count). The molecule has 0 fully saturated rings. The number of carbonyl (C=O) groups is 1. The van der Waals surface area contributed by atoms with Gasteiger partial charge in [-0.1, -0.05) is 24.3 Å². The number of aromatic amines is 1. The molecule has 0 unspecified atom stereocenters. The normalized spacial score (nSPS) is 10.7. The zero-order chi connectivity index (χ0) is 20.1. The molecule has 0 saturated carbocycles. The van der Waals surface area contributed by atoms with E-state index in [1.165, 1.54) is 0 Å². The van der Waals surface area contributed by atoms with Crippen LogP contribution in [0.3, 0.4) is 0 Å². The van der Waals surface area contributed by atoms with Crippen molar-refractivity contribution in [1.29, 1.82) is 0 Å². The number of imidazole rings is 1. The van der Waals surface area contributed by atoms with Crippen LogP contribution in [0.5, 0.6) is 17.2 Å². The number of anilines is 1. The van der Waals surface area contributed by atoms with Gasteiger partial charge in [-0.15, -0.1) is 0 Å². The molecule has 0 aliphatic carbocycles. The highest BCUT2D eigenvalue weighted by Gasteiger charge is 2.08. The average molecular weight is 387 g/mol. The molecular weight excluding hydrogens is 366 g/mol. The maximum Gasteiger partial charge on any atom is 0.224 e. The number of rotatable bonds is 7. The summed E-state index contributed by atoms with van der Waals surface area (Å²) in [6, 6.07) is 22.5. The number of nitrogens with zero attached hydrogens (tertiary/aromatic N) is 1. The van der Waals surface area contributed by atoms with E-state index in [0.29, 0.717) is 35.8 Å². The van der Waals surface area contributed by atoms with E-state index in [4.69, 9.17) is 9.47 Å². The lowest BCUT2D eigenvalue weighted by molar-refractivity contribution is -0.116. The second kappa shape index (κ2) is 8.48. The first-order valence-corrected chi connectivity index (χ1v) is 9.36. The van der Waals surface area contributed by atoms with Gasteiger partial charge >= 0.3 is 0 Å². The number of aryl methyl sites for hydroxylation is 1. The first kappa shape index (κ1) is 18.6. The highest BCUT2D eigenvalue weighted by molar-refractivity contribution is 5.90. The van der Waals surface area contributed by atoms with Crippen LogP contribution in [0.4, 0.5) is 5.69 Å². The summed E-state index contributed by atoms with van der Waals surface area (Å²) in [5.41, 5.74) is 2.61. The van der Waals surface area contributed by atoms with Crippen LogP contribution in [-0.2, 0) is 11.2 Å². The SMILES string of the molecule is COc1ccccc1Oc1ccc(NC(=O)CCc2nc3ccccc3[nH]2)cc1. The Balaban J connectivity index is 1.32. The fraction of sp³-hybridized carbons (Fsp3) is 0.130. The Morgan fingerprint density at radius 3 is 2.45 bits per heavy atom. The zero-order valence-corrected chi connectivity index (χ0v) is 16.0. The second-order valence-electron chi connectivity index (χ2n) is 6.53. The van der Waals surface area contributed by atoms with Gasteiger partial charge in [-0.25, -0.2) is 4.98 Å². The van der Waals surface area contributed by atoms with E-state index in [9.17, 15) is 4.79 Å². The quantitative estimate of drug-likeness (QED) is 0.471. The van der Waals surface area contributed by atoms with Crippen LogP contribution in [0, 0.1) is 0 Å². The Kier molecular flexibility index (Phi) is 5.42. The molecule has 0 aliphatic heterocycles. The van der Waals surface area contributed by atoms with Crippen molar-refractivity contribution in [2.75, 3.05) is 12.4 Å². The molecule has 6 nitrogen and oxygen atoms in total. The van der Waals surface area contributed by atoms with Gasteiger partial charge in [-0.3, -0.25) is 4.79 Å². The summed E-state index contributed by atoms with van der Waals surface area (Å²) in [4.78, 5) is 20.0. The van der Waals surface area contributed by atoms with Crippen molar-refractivity contribution in [1.82, 2.24) is 9.97 Å². The lowest BCUT2D eigenvalue weighted by Gasteiger charge is -2.10. The Morgan fingerprint density at radius 1 is 0.966 bits per heavy atom. The number of fused-ring (bicyclic) bond motifs is 1. The summed E-state index contributed by atoms with van der Waals surface area (Å²) in [5, 5.41) is 2.90. The number of aromatic nitrogens is 2. The van der Waals surface area contributed by atoms with Crippen molar-refractivity contribution >= 4 is 22.6 Å². The lowest BCUT2D eigenvalue weighted by Crippen LogP contribution is -2.12. The Bertz CT molecular complexity index is 1090. The number of nitrogens with one attached hydrogen (secondary N) is 2. The van der Waals surface area contributed by atoms with Gasteiger partial charge in [0.05, 0.1) is 18.1 Å². The third kappa shape index (κ3) is 4.55. The largest absolute Gasteiger partial charge is 0.493 e. The Morgan fingerprint density at radius 2 is 1.69 bits per heavy atom. The minimum Gasteiger partial charge on any atom is -0.493 e. The molecule has 2 N–H and O–H groups in total. The number of para-hydroxylation sites is 4. The van der Waals surface area contributed by atoms with Crippen molar-refractivity contribution in [2.45, 2.75) is 12.8 Å². The first-order valence-electron chi connectivity index (χ1n) is 9.36. The van der Waals surface area contributed by atoms with Crippen molar-refractivity contribution in [3.8, 4) is 17.2 Å². The van der Waals surface area contributed by atoms with E-state index >= 15 is 0 Å². The zero-order valence-electron chi connectivity index (χ0n) is 16.0. The lowest BCUT2D eigenvalue weighted by atomic mass is 10.2. The van der Waals surface area contributed by atoms with Crippen LogP contribution in [0.2, 0.25) is 0 Å². The van der Waals surface area contributed by atoms with Gasteiger partial charge < -0.3 is 19.8 Å². The minimum absolute atomic E-state index is 0.0659. The molecular formula is C23H21N3O3.